The van der Waals surface area contributed by atoms with Crippen LogP contribution in [0.4, 0.5) is 0 Å². The van der Waals surface area contributed by atoms with Crippen molar-refractivity contribution in [3.05, 3.63) is 17.4 Å². The van der Waals surface area contributed by atoms with Crippen molar-refractivity contribution in [2.24, 2.45) is 5.73 Å². The molecule has 0 atom stereocenters. The SMILES string of the molecule is COC(=O)c1cc(S(=O)(=O)NC2(CN)CCCC2)oc1C.Cl. The highest BCUT2D eigenvalue weighted by molar-refractivity contribution is 7.89. The molecule has 0 bridgehead atoms. The van der Waals surface area contributed by atoms with Crippen LogP contribution in [0.1, 0.15) is 41.8 Å². The predicted octanol–water partition coefficient (Wildman–Crippen LogP) is 1.35. The summed E-state index contributed by atoms with van der Waals surface area (Å²) in [7, 11) is -2.64. The van der Waals surface area contributed by atoms with Crippen LogP contribution in [-0.2, 0) is 14.8 Å². The third kappa shape index (κ3) is 3.62. The maximum Gasteiger partial charge on any atom is 0.341 e. The molecular weight excluding hydrogens is 332 g/mol. The fourth-order valence-corrected chi connectivity index (χ4v) is 4.10. The Morgan fingerprint density at radius 3 is 2.55 bits per heavy atom. The fourth-order valence-electron chi connectivity index (χ4n) is 2.63. The number of carbonyl (C=O) groups is 1. The molecule has 0 saturated heterocycles. The zero-order chi connectivity index (χ0) is 15.7. The fraction of sp³-hybridized carbons (Fsp3) is 0.615. The van der Waals surface area contributed by atoms with Gasteiger partial charge in [0.15, 0.2) is 0 Å². The molecule has 22 heavy (non-hydrogen) atoms. The van der Waals surface area contributed by atoms with E-state index in [-0.39, 0.29) is 35.4 Å². The molecule has 126 valence electrons. The Morgan fingerprint density at radius 2 is 2.05 bits per heavy atom. The number of rotatable bonds is 5. The predicted molar refractivity (Wildman–Crippen MR) is 82.6 cm³/mol. The molecule has 1 fully saturated rings. The van der Waals surface area contributed by atoms with E-state index in [1.54, 1.807) is 0 Å². The summed E-state index contributed by atoms with van der Waals surface area (Å²) >= 11 is 0. The molecule has 9 heteroatoms. The van der Waals surface area contributed by atoms with Gasteiger partial charge in [-0.25, -0.2) is 17.9 Å². The molecular formula is C13H21ClN2O5S. The number of nitrogens with two attached hydrogens (primary N) is 1. The first-order chi connectivity index (χ1) is 9.83. The number of furan rings is 1. The van der Waals surface area contributed by atoms with Crippen LogP contribution in [0.3, 0.4) is 0 Å². The van der Waals surface area contributed by atoms with Gasteiger partial charge in [-0.05, 0) is 19.8 Å². The van der Waals surface area contributed by atoms with Gasteiger partial charge in [0.25, 0.3) is 10.0 Å². The van der Waals surface area contributed by atoms with Crippen molar-refractivity contribution in [2.75, 3.05) is 13.7 Å². The molecule has 3 N–H and O–H groups in total. The van der Waals surface area contributed by atoms with Gasteiger partial charge in [0.1, 0.15) is 11.3 Å². The first kappa shape index (κ1) is 19.0. The molecule has 7 nitrogen and oxygen atoms in total. The number of hydrogen-bond donors (Lipinski definition) is 2. The minimum absolute atomic E-state index is 0. The Bertz CT molecular complexity index is 635. The Labute approximate surface area is 136 Å². The molecule has 0 aromatic carbocycles. The normalized spacial score (nSPS) is 17.0. The molecule has 1 aromatic rings. The van der Waals surface area contributed by atoms with Crippen molar-refractivity contribution in [1.29, 1.82) is 0 Å². The van der Waals surface area contributed by atoms with Crippen molar-refractivity contribution < 1.29 is 22.4 Å². The smallest absolute Gasteiger partial charge is 0.341 e. The highest BCUT2D eigenvalue weighted by Crippen LogP contribution is 2.31. The lowest BCUT2D eigenvalue weighted by Crippen LogP contribution is -2.51. The van der Waals surface area contributed by atoms with Gasteiger partial charge in [-0.3, -0.25) is 0 Å². The maximum absolute atomic E-state index is 12.4. The van der Waals surface area contributed by atoms with Gasteiger partial charge in [-0.1, -0.05) is 12.8 Å². The number of esters is 1. The van der Waals surface area contributed by atoms with Crippen LogP contribution in [0.2, 0.25) is 0 Å². The van der Waals surface area contributed by atoms with Gasteiger partial charge < -0.3 is 14.9 Å². The van der Waals surface area contributed by atoms with Crippen LogP contribution in [0.5, 0.6) is 0 Å². The van der Waals surface area contributed by atoms with E-state index >= 15 is 0 Å². The lowest BCUT2D eigenvalue weighted by Gasteiger charge is -2.27. The number of methoxy groups -OCH3 is 1. The van der Waals surface area contributed by atoms with Gasteiger partial charge >= 0.3 is 5.97 Å². The van der Waals surface area contributed by atoms with Crippen molar-refractivity contribution in [3.63, 3.8) is 0 Å². The molecule has 1 aliphatic rings. The Morgan fingerprint density at radius 1 is 1.45 bits per heavy atom. The molecule has 1 aliphatic carbocycles. The summed E-state index contributed by atoms with van der Waals surface area (Å²) < 4.78 is 37.3. The van der Waals surface area contributed by atoms with E-state index in [1.807, 2.05) is 0 Å². The summed E-state index contributed by atoms with van der Waals surface area (Å²) in [6, 6.07) is 1.18. The summed E-state index contributed by atoms with van der Waals surface area (Å²) in [4.78, 5) is 11.5. The van der Waals surface area contributed by atoms with E-state index in [2.05, 4.69) is 9.46 Å². The summed E-state index contributed by atoms with van der Waals surface area (Å²) in [6.07, 6.45) is 3.27. The van der Waals surface area contributed by atoms with E-state index in [0.29, 0.717) is 12.8 Å². The Balaban J connectivity index is 0.00000242. The van der Waals surface area contributed by atoms with E-state index < -0.39 is 21.5 Å². The minimum atomic E-state index is -3.86. The Hall–Kier alpha value is -1.09. The average molecular weight is 353 g/mol. The van der Waals surface area contributed by atoms with Gasteiger partial charge in [0.05, 0.1) is 7.11 Å². The quantitative estimate of drug-likeness (QED) is 0.773. The number of sulfonamides is 1. The third-order valence-corrected chi connectivity index (χ3v) is 5.30. The van der Waals surface area contributed by atoms with Crippen molar-refractivity contribution in [3.8, 4) is 0 Å². The standard InChI is InChI=1S/C13H20N2O5S.ClH/c1-9-10(12(16)19-2)7-11(20-9)21(17,18)15-13(8-14)5-3-4-6-13;/h7,15H,3-6,8,14H2,1-2H3;1H. The van der Waals surface area contributed by atoms with Gasteiger partial charge in [0.2, 0.25) is 5.09 Å². The maximum atomic E-state index is 12.4. The first-order valence-electron chi connectivity index (χ1n) is 6.76. The highest BCUT2D eigenvalue weighted by Gasteiger charge is 2.38. The number of hydrogen-bond acceptors (Lipinski definition) is 6. The molecule has 1 saturated carbocycles. The van der Waals surface area contributed by atoms with Crippen LogP contribution < -0.4 is 10.5 Å². The van der Waals surface area contributed by atoms with Crippen molar-refractivity contribution in [1.82, 2.24) is 4.72 Å². The average Bonchev–Trinajstić information content (AvgIpc) is 3.05. The summed E-state index contributed by atoms with van der Waals surface area (Å²) in [5, 5.41) is -0.292. The number of halogens is 1. The van der Waals surface area contributed by atoms with Crippen molar-refractivity contribution in [2.45, 2.75) is 43.2 Å². The van der Waals surface area contributed by atoms with Crippen LogP contribution in [0.25, 0.3) is 0 Å². The molecule has 1 heterocycles. The second-order valence-electron chi connectivity index (χ2n) is 5.32. The van der Waals surface area contributed by atoms with Gasteiger partial charge in [-0.2, -0.15) is 0 Å². The lowest BCUT2D eigenvalue weighted by molar-refractivity contribution is 0.0598. The van der Waals surface area contributed by atoms with Crippen LogP contribution in [0.15, 0.2) is 15.6 Å². The minimum Gasteiger partial charge on any atom is -0.465 e. The van der Waals surface area contributed by atoms with E-state index in [0.717, 1.165) is 12.8 Å². The van der Waals surface area contributed by atoms with Crippen LogP contribution >= 0.6 is 12.4 Å². The van der Waals surface area contributed by atoms with E-state index in [9.17, 15) is 13.2 Å². The van der Waals surface area contributed by atoms with Crippen LogP contribution in [-0.4, -0.2) is 33.6 Å². The molecule has 0 amide bonds. The molecule has 0 spiro atoms. The topological polar surface area (TPSA) is 112 Å². The second kappa shape index (κ2) is 6.99. The summed E-state index contributed by atoms with van der Waals surface area (Å²) in [6.45, 7) is 1.75. The van der Waals surface area contributed by atoms with E-state index in [1.165, 1.54) is 20.1 Å². The molecule has 0 unspecified atom stereocenters. The number of ether oxygens (including phenoxy) is 1. The number of aryl methyl sites for hydroxylation is 1. The largest absolute Gasteiger partial charge is 0.465 e. The van der Waals surface area contributed by atoms with Crippen LogP contribution in [0, 0.1) is 6.92 Å². The highest BCUT2D eigenvalue weighted by atomic mass is 35.5. The molecule has 1 aromatic heterocycles. The monoisotopic (exact) mass is 352 g/mol. The molecule has 2 rings (SSSR count). The first-order valence-corrected chi connectivity index (χ1v) is 8.25. The lowest BCUT2D eigenvalue weighted by atomic mass is 10.0. The van der Waals surface area contributed by atoms with Gasteiger partial charge in [0, 0.05) is 18.2 Å². The third-order valence-electron chi connectivity index (χ3n) is 3.87. The van der Waals surface area contributed by atoms with Gasteiger partial charge in [-0.15, -0.1) is 12.4 Å². The summed E-state index contributed by atoms with van der Waals surface area (Å²) in [5.41, 5.74) is 5.21. The zero-order valence-electron chi connectivity index (χ0n) is 12.5. The second-order valence-corrected chi connectivity index (χ2v) is 6.94. The zero-order valence-corrected chi connectivity index (χ0v) is 14.2. The summed E-state index contributed by atoms with van der Waals surface area (Å²) in [5.74, 6) is -0.428. The van der Waals surface area contributed by atoms with Crippen molar-refractivity contribution >= 4 is 28.4 Å². The van der Waals surface area contributed by atoms with E-state index in [4.69, 9.17) is 10.2 Å². The number of nitrogens with one attached hydrogen (secondary N) is 1. The molecule has 0 radical (unpaired) electrons. The molecule has 0 aliphatic heterocycles. The Kier molecular flexibility index (Phi) is 6.03. The number of carbonyl (C=O) groups excluding carboxylic acids is 1.